The quantitative estimate of drug-likeness (QED) is 0.849. The lowest BCUT2D eigenvalue weighted by atomic mass is 9.93. The average Bonchev–Trinajstić information content (AvgIpc) is 2.91. The average molecular weight is 254 g/mol. The van der Waals surface area contributed by atoms with Crippen LogP contribution in [0.15, 0.2) is 24.3 Å². The van der Waals surface area contributed by atoms with Crippen molar-refractivity contribution in [2.24, 2.45) is 0 Å². The molecule has 0 saturated carbocycles. The molecular formula is C15H18N4. The van der Waals surface area contributed by atoms with Crippen LogP contribution < -0.4 is 5.32 Å². The molecule has 2 aliphatic rings. The van der Waals surface area contributed by atoms with Gasteiger partial charge in [0, 0.05) is 31.1 Å². The Morgan fingerprint density at radius 2 is 2.11 bits per heavy atom. The number of aromatic nitrogens is 3. The van der Waals surface area contributed by atoms with Crippen LogP contribution >= 0.6 is 0 Å². The Hall–Kier alpha value is -1.84. The van der Waals surface area contributed by atoms with Gasteiger partial charge in [-0.15, -0.1) is 10.2 Å². The first-order valence-electron chi connectivity index (χ1n) is 7.15. The fourth-order valence-corrected chi connectivity index (χ4v) is 3.26. The fraction of sp³-hybridized carbons (Fsp3) is 0.467. The summed E-state index contributed by atoms with van der Waals surface area (Å²) in [6, 6.07) is 8.57. The molecule has 0 aliphatic carbocycles. The normalized spacial score (nSPS) is 21.4. The predicted molar refractivity (Wildman–Crippen MR) is 74.3 cm³/mol. The van der Waals surface area contributed by atoms with Gasteiger partial charge in [-0.05, 0) is 30.9 Å². The number of nitrogens with zero attached hydrogens (tertiary/aromatic N) is 3. The van der Waals surface area contributed by atoms with E-state index in [4.69, 9.17) is 0 Å². The van der Waals surface area contributed by atoms with E-state index in [9.17, 15) is 0 Å². The van der Waals surface area contributed by atoms with Crippen LogP contribution in [0.1, 0.15) is 36.0 Å². The Balaban J connectivity index is 1.66. The molecule has 0 spiro atoms. The van der Waals surface area contributed by atoms with Crippen molar-refractivity contribution >= 4 is 5.69 Å². The summed E-state index contributed by atoms with van der Waals surface area (Å²) in [6.07, 6.45) is 4.67. The van der Waals surface area contributed by atoms with Crippen molar-refractivity contribution in [2.45, 2.75) is 38.1 Å². The van der Waals surface area contributed by atoms with E-state index in [1.807, 2.05) is 0 Å². The van der Waals surface area contributed by atoms with Crippen molar-refractivity contribution in [3.8, 4) is 0 Å². The summed E-state index contributed by atoms with van der Waals surface area (Å²) in [5, 5.41) is 12.4. The van der Waals surface area contributed by atoms with Gasteiger partial charge >= 0.3 is 0 Å². The molecule has 1 atom stereocenters. The molecule has 1 aromatic carbocycles. The van der Waals surface area contributed by atoms with Gasteiger partial charge in [0.15, 0.2) is 0 Å². The van der Waals surface area contributed by atoms with Crippen LogP contribution in [0, 0.1) is 0 Å². The van der Waals surface area contributed by atoms with Gasteiger partial charge in [0.25, 0.3) is 0 Å². The standard InChI is InChI=1S/C15H18N4/c1-2-6-13-11(5-1)9-12(10-16-13)15-18-17-14-7-3-4-8-19(14)15/h1-2,5-6,12,16H,3-4,7-10H2. The molecule has 0 radical (unpaired) electrons. The van der Waals surface area contributed by atoms with Gasteiger partial charge in [-0.2, -0.15) is 0 Å². The van der Waals surface area contributed by atoms with Crippen LogP contribution in [-0.2, 0) is 19.4 Å². The number of para-hydroxylation sites is 1. The predicted octanol–water partition coefficient (Wildman–Crippen LogP) is 2.37. The van der Waals surface area contributed by atoms with Gasteiger partial charge in [-0.1, -0.05) is 18.2 Å². The minimum absolute atomic E-state index is 0.453. The minimum atomic E-state index is 0.453. The SMILES string of the molecule is c1ccc2c(c1)CC(c1nnc3n1CCCC3)CN2. The largest absolute Gasteiger partial charge is 0.384 e. The maximum Gasteiger partial charge on any atom is 0.138 e. The van der Waals surface area contributed by atoms with Crippen molar-refractivity contribution < 1.29 is 0 Å². The maximum absolute atomic E-state index is 4.47. The summed E-state index contributed by atoms with van der Waals surface area (Å²) < 4.78 is 2.35. The number of hydrogen-bond donors (Lipinski definition) is 1. The van der Waals surface area contributed by atoms with Crippen molar-refractivity contribution in [1.82, 2.24) is 14.8 Å². The van der Waals surface area contributed by atoms with E-state index in [2.05, 4.69) is 44.3 Å². The third-order valence-electron chi connectivity index (χ3n) is 4.28. The first kappa shape index (κ1) is 11.0. The molecule has 19 heavy (non-hydrogen) atoms. The Bertz CT molecular complexity index is 602. The zero-order valence-corrected chi connectivity index (χ0v) is 11.0. The van der Waals surface area contributed by atoms with Crippen molar-refractivity contribution in [1.29, 1.82) is 0 Å². The monoisotopic (exact) mass is 254 g/mol. The van der Waals surface area contributed by atoms with Gasteiger partial charge in [0.1, 0.15) is 11.6 Å². The van der Waals surface area contributed by atoms with Gasteiger partial charge < -0.3 is 9.88 Å². The number of aryl methyl sites for hydroxylation is 1. The zero-order valence-electron chi connectivity index (χ0n) is 11.0. The molecule has 2 aliphatic heterocycles. The second-order valence-electron chi connectivity index (χ2n) is 5.52. The molecule has 4 nitrogen and oxygen atoms in total. The molecule has 0 amide bonds. The third kappa shape index (κ3) is 1.82. The van der Waals surface area contributed by atoms with Crippen LogP contribution in [-0.4, -0.2) is 21.3 Å². The van der Waals surface area contributed by atoms with Gasteiger partial charge in [-0.25, -0.2) is 0 Å². The van der Waals surface area contributed by atoms with Crippen LogP contribution in [0.2, 0.25) is 0 Å². The lowest BCUT2D eigenvalue weighted by molar-refractivity contribution is 0.488. The molecule has 0 saturated heterocycles. The molecule has 4 heteroatoms. The zero-order chi connectivity index (χ0) is 12.7. The molecule has 98 valence electrons. The minimum Gasteiger partial charge on any atom is -0.384 e. The summed E-state index contributed by atoms with van der Waals surface area (Å²) in [5.41, 5.74) is 2.67. The summed E-state index contributed by atoms with van der Waals surface area (Å²) in [4.78, 5) is 0. The maximum atomic E-state index is 4.47. The van der Waals surface area contributed by atoms with E-state index < -0.39 is 0 Å². The van der Waals surface area contributed by atoms with E-state index in [0.717, 1.165) is 25.9 Å². The Labute approximate surface area is 112 Å². The van der Waals surface area contributed by atoms with Crippen molar-refractivity contribution in [2.75, 3.05) is 11.9 Å². The number of nitrogens with one attached hydrogen (secondary N) is 1. The Morgan fingerprint density at radius 3 is 3.11 bits per heavy atom. The van der Waals surface area contributed by atoms with Crippen LogP contribution in [0.5, 0.6) is 0 Å². The van der Waals surface area contributed by atoms with E-state index in [-0.39, 0.29) is 0 Å². The molecule has 0 fully saturated rings. The summed E-state index contributed by atoms with van der Waals surface area (Å²) >= 11 is 0. The first-order chi connectivity index (χ1) is 9.42. The molecule has 3 heterocycles. The van der Waals surface area contributed by atoms with Crippen molar-refractivity contribution in [3.63, 3.8) is 0 Å². The van der Waals surface area contributed by atoms with E-state index in [1.165, 1.54) is 35.7 Å². The molecule has 1 N–H and O–H groups in total. The van der Waals surface area contributed by atoms with Crippen molar-refractivity contribution in [3.05, 3.63) is 41.5 Å². The number of anilines is 1. The summed E-state index contributed by atoms with van der Waals surface area (Å²) in [6.45, 7) is 2.06. The second kappa shape index (κ2) is 4.37. The second-order valence-corrected chi connectivity index (χ2v) is 5.52. The molecule has 4 rings (SSSR count). The van der Waals surface area contributed by atoms with Gasteiger partial charge in [0.05, 0.1) is 0 Å². The highest BCUT2D eigenvalue weighted by atomic mass is 15.3. The molecule has 2 aromatic rings. The third-order valence-corrected chi connectivity index (χ3v) is 4.28. The topological polar surface area (TPSA) is 42.7 Å². The first-order valence-corrected chi connectivity index (χ1v) is 7.15. The molecule has 1 unspecified atom stereocenters. The van der Waals surface area contributed by atoms with E-state index in [0.29, 0.717) is 5.92 Å². The van der Waals surface area contributed by atoms with Gasteiger partial charge in [0.2, 0.25) is 0 Å². The highest BCUT2D eigenvalue weighted by molar-refractivity contribution is 5.54. The van der Waals surface area contributed by atoms with Crippen LogP contribution in [0.3, 0.4) is 0 Å². The fourth-order valence-electron chi connectivity index (χ4n) is 3.26. The smallest absolute Gasteiger partial charge is 0.138 e. The highest BCUT2D eigenvalue weighted by Gasteiger charge is 2.26. The number of hydrogen-bond acceptors (Lipinski definition) is 3. The molecular weight excluding hydrogens is 236 g/mol. The molecule has 1 aromatic heterocycles. The lowest BCUT2D eigenvalue weighted by Gasteiger charge is -2.26. The van der Waals surface area contributed by atoms with Crippen LogP contribution in [0.4, 0.5) is 5.69 Å². The van der Waals surface area contributed by atoms with E-state index in [1.54, 1.807) is 0 Å². The summed E-state index contributed by atoms with van der Waals surface area (Å²) in [5.74, 6) is 2.81. The Kier molecular flexibility index (Phi) is 2.53. The van der Waals surface area contributed by atoms with E-state index >= 15 is 0 Å². The number of rotatable bonds is 1. The number of benzene rings is 1. The van der Waals surface area contributed by atoms with Crippen LogP contribution in [0.25, 0.3) is 0 Å². The summed E-state index contributed by atoms with van der Waals surface area (Å²) in [7, 11) is 0. The Morgan fingerprint density at radius 1 is 1.16 bits per heavy atom. The highest BCUT2D eigenvalue weighted by Crippen LogP contribution is 2.30. The number of fused-ring (bicyclic) bond motifs is 2. The van der Waals surface area contributed by atoms with Gasteiger partial charge in [-0.3, -0.25) is 0 Å². The molecule has 0 bridgehead atoms. The lowest BCUT2D eigenvalue weighted by Crippen LogP contribution is -2.25.